The van der Waals surface area contributed by atoms with E-state index in [2.05, 4.69) is 15.9 Å². The summed E-state index contributed by atoms with van der Waals surface area (Å²) in [5, 5.41) is 0.126. The van der Waals surface area contributed by atoms with Crippen molar-refractivity contribution in [2.75, 3.05) is 45.8 Å². The van der Waals surface area contributed by atoms with E-state index in [-0.39, 0.29) is 28.7 Å². The highest BCUT2D eigenvalue weighted by atomic mass is 32.1. The van der Waals surface area contributed by atoms with E-state index in [1.165, 1.54) is 6.07 Å². The Morgan fingerprint density at radius 2 is 1.97 bits per heavy atom. The first kappa shape index (κ1) is 22.5. The molecular weight excluding hydrogens is 413 g/mol. The van der Waals surface area contributed by atoms with Crippen LogP contribution >= 0.6 is 12.6 Å². The molecule has 1 saturated carbocycles. The minimum atomic E-state index is -0.535. The van der Waals surface area contributed by atoms with Crippen molar-refractivity contribution in [3.8, 4) is 0 Å². The molecule has 3 aliphatic rings. The summed E-state index contributed by atoms with van der Waals surface area (Å²) in [6, 6.07) is 6.13. The number of thiol groups is 1. The number of ketones is 1. The van der Waals surface area contributed by atoms with Gasteiger partial charge in [0, 0.05) is 56.0 Å². The van der Waals surface area contributed by atoms with Gasteiger partial charge in [0.1, 0.15) is 5.82 Å². The fraction of sp³-hybridized carbons (Fsp3) is 0.583. The third-order valence-electron chi connectivity index (χ3n) is 6.71. The second kappa shape index (κ2) is 9.84. The third kappa shape index (κ3) is 5.21. The smallest absolute Gasteiger partial charge is 0.236 e. The molecule has 7 heteroatoms. The van der Waals surface area contributed by atoms with Crippen LogP contribution in [-0.2, 0) is 9.59 Å². The molecule has 1 aromatic carbocycles. The van der Waals surface area contributed by atoms with E-state index in [0.29, 0.717) is 25.2 Å². The maximum absolute atomic E-state index is 14.6. The average Bonchev–Trinajstić information content (AvgIpc) is 3.61. The molecule has 0 spiro atoms. The molecule has 2 heterocycles. The van der Waals surface area contributed by atoms with Crippen molar-refractivity contribution in [2.24, 2.45) is 5.92 Å². The van der Waals surface area contributed by atoms with Gasteiger partial charge in [-0.3, -0.25) is 19.4 Å². The highest BCUT2D eigenvalue weighted by molar-refractivity contribution is 7.81. The van der Waals surface area contributed by atoms with Crippen LogP contribution in [0.3, 0.4) is 0 Å². The Labute approximate surface area is 189 Å². The van der Waals surface area contributed by atoms with Gasteiger partial charge in [-0.25, -0.2) is 4.39 Å². The van der Waals surface area contributed by atoms with Gasteiger partial charge in [0.05, 0.1) is 12.6 Å². The second-order valence-corrected chi connectivity index (χ2v) is 9.49. The van der Waals surface area contributed by atoms with Crippen LogP contribution in [0.25, 0.3) is 0 Å². The van der Waals surface area contributed by atoms with Crippen LogP contribution in [0.2, 0.25) is 0 Å². The average molecular weight is 446 g/mol. The first-order chi connectivity index (χ1) is 15.0. The Bertz CT molecular complexity index is 857. The molecule has 0 bridgehead atoms. The van der Waals surface area contributed by atoms with Crippen molar-refractivity contribution >= 4 is 24.3 Å². The zero-order valence-electron chi connectivity index (χ0n) is 18.2. The van der Waals surface area contributed by atoms with Gasteiger partial charge in [0.25, 0.3) is 0 Å². The van der Waals surface area contributed by atoms with Crippen LogP contribution in [0.15, 0.2) is 35.9 Å². The Kier molecular flexibility index (Phi) is 7.14. The van der Waals surface area contributed by atoms with Crippen LogP contribution in [0.4, 0.5) is 4.39 Å². The summed E-state index contributed by atoms with van der Waals surface area (Å²) < 4.78 is 14.6. The van der Waals surface area contributed by atoms with Crippen molar-refractivity contribution in [1.29, 1.82) is 0 Å². The van der Waals surface area contributed by atoms with Crippen LogP contribution < -0.4 is 0 Å². The molecule has 2 atom stereocenters. The molecule has 1 aliphatic carbocycles. The fourth-order valence-electron chi connectivity index (χ4n) is 4.63. The van der Waals surface area contributed by atoms with E-state index < -0.39 is 6.04 Å². The van der Waals surface area contributed by atoms with Gasteiger partial charge < -0.3 is 4.90 Å². The first-order valence-corrected chi connectivity index (χ1v) is 11.9. The number of hydrogen-bond donors (Lipinski definition) is 1. The molecule has 3 fully saturated rings. The molecule has 1 amide bonds. The molecule has 31 heavy (non-hydrogen) atoms. The number of piperazine rings is 1. The number of benzene rings is 1. The van der Waals surface area contributed by atoms with Crippen LogP contribution in [0, 0.1) is 11.7 Å². The molecule has 2 unspecified atom stereocenters. The van der Waals surface area contributed by atoms with Gasteiger partial charge in [0.15, 0.2) is 5.78 Å². The predicted octanol–water partition coefficient (Wildman–Crippen LogP) is 2.94. The van der Waals surface area contributed by atoms with Gasteiger partial charge in [-0.1, -0.05) is 24.3 Å². The maximum Gasteiger partial charge on any atom is 0.236 e. The first-order valence-electron chi connectivity index (χ1n) is 11.4. The fourth-order valence-corrected chi connectivity index (χ4v) is 4.93. The van der Waals surface area contributed by atoms with E-state index in [4.69, 9.17) is 12.6 Å². The van der Waals surface area contributed by atoms with Crippen molar-refractivity contribution in [1.82, 2.24) is 14.7 Å². The number of nitrogens with zero attached hydrogens (tertiary/aromatic N) is 3. The van der Waals surface area contributed by atoms with Gasteiger partial charge in [-0.15, -0.1) is 0 Å². The summed E-state index contributed by atoms with van der Waals surface area (Å²) in [5.74, 6) is 0.0665. The Balaban J connectivity index is 1.48. The molecule has 4 rings (SSSR count). The van der Waals surface area contributed by atoms with Gasteiger partial charge in [0.2, 0.25) is 5.91 Å². The lowest BCUT2D eigenvalue weighted by atomic mass is 9.93. The molecule has 5 nitrogen and oxygen atoms in total. The quantitative estimate of drug-likeness (QED) is 0.518. The van der Waals surface area contributed by atoms with E-state index >= 15 is 0 Å². The molecule has 0 radical (unpaired) electrons. The van der Waals surface area contributed by atoms with Gasteiger partial charge in [-0.2, -0.15) is 12.6 Å². The lowest BCUT2D eigenvalue weighted by Crippen LogP contribution is -2.50. The third-order valence-corrected chi connectivity index (χ3v) is 7.30. The van der Waals surface area contributed by atoms with Crippen molar-refractivity contribution in [3.63, 3.8) is 0 Å². The minimum absolute atomic E-state index is 0.0617. The molecule has 1 aromatic rings. The second-order valence-electron chi connectivity index (χ2n) is 8.86. The largest absolute Gasteiger partial charge is 0.341 e. The number of likely N-dealkylation sites (tertiary alicyclic amines) is 1. The number of carbonyl (C=O) groups excluding carboxylic acids is 2. The van der Waals surface area contributed by atoms with Crippen molar-refractivity contribution in [2.45, 2.75) is 37.5 Å². The topological polar surface area (TPSA) is 43.9 Å². The Morgan fingerprint density at radius 3 is 2.65 bits per heavy atom. The molecule has 168 valence electrons. The number of rotatable bonds is 7. The normalized spacial score (nSPS) is 25.8. The Morgan fingerprint density at radius 1 is 1.19 bits per heavy atom. The number of likely N-dealkylation sites (N-methyl/N-ethyl adjacent to an activating group) is 1. The van der Waals surface area contributed by atoms with E-state index in [1.54, 1.807) is 18.2 Å². The summed E-state index contributed by atoms with van der Waals surface area (Å²) in [6.07, 6.45) is 4.81. The molecular formula is C24H32FN3O2S. The summed E-state index contributed by atoms with van der Waals surface area (Å²) in [6.45, 7) is 6.86. The van der Waals surface area contributed by atoms with Crippen LogP contribution in [0.1, 0.15) is 37.8 Å². The SMILES string of the molecule is CCN1CCN(C/C=C2\CN(C(C(=O)C3CC3)c3ccccc3F)CCC2S)CC1=O. The molecule has 0 N–H and O–H groups in total. The van der Waals surface area contributed by atoms with E-state index in [1.807, 2.05) is 11.8 Å². The predicted molar refractivity (Wildman–Crippen MR) is 123 cm³/mol. The summed E-state index contributed by atoms with van der Waals surface area (Å²) in [4.78, 5) is 31.5. The number of piperidine rings is 1. The monoisotopic (exact) mass is 445 g/mol. The van der Waals surface area contributed by atoms with Crippen molar-refractivity contribution in [3.05, 3.63) is 47.3 Å². The number of carbonyl (C=O) groups is 2. The zero-order valence-corrected chi connectivity index (χ0v) is 19.1. The molecule has 2 aliphatic heterocycles. The highest BCUT2D eigenvalue weighted by Crippen LogP contribution is 2.39. The summed E-state index contributed by atoms with van der Waals surface area (Å²) in [7, 11) is 0. The van der Waals surface area contributed by atoms with Gasteiger partial charge >= 0.3 is 0 Å². The van der Waals surface area contributed by atoms with Crippen LogP contribution in [-0.4, -0.2) is 77.5 Å². The number of hydrogen-bond acceptors (Lipinski definition) is 5. The van der Waals surface area contributed by atoms with Gasteiger partial charge in [-0.05, 0) is 37.8 Å². The molecule has 0 aromatic heterocycles. The number of Topliss-reactive ketones (excluding diaryl/α,β-unsaturated/α-hetero) is 1. The van der Waals surface area contributed by atoms with Crippen molar-refractivity contribution < 1.29 is 14.0 Å². The maximum atomic E-state index is 14.6. The standard InChI is InChI=1S/C24H32FN3O2S/c1-2-27-14-13-26(16-22(27)29)11-9-18-15-28(12-10-21(18)31)23(24(30)17-7-8-17)19-5-3-4-6-20(19)25/h3-6,9,17,21,23,31H,2,7-8,10-16H2,1H3/b18-9+. The summed E-state index contributed by atoms with van der Waals surface area (Å²) >= 11 is 4.78. The van der Waals surface area contributed by atoms with E-state index in [9.17, 15) is 14.0 Å². The Hall–Kier alpha value is -1.70. The lowest BCUT2D eigenvalue weighted by Gasteiger charge is -2.38. The van der Waals surface area contributed by atoms with Crippen LogP contribution in [0.5, 0.6) is 0 Å². The number of amides is 1. The lowest BCUT2D eigenvalue weighted by molar-refractivity contribution is -0.135. The van der Waals surface area contributed by atoms with E-state index in [0.717, 1.165) is 51.0 Å². The highest BCUT2D eigenvalue weighted by Gasteiger charge is 2.40. The minimum Gasteiger partial charge on any atom is -0.341 e. The molecule has 2 saturated heterocycles. The summed E-state index contributed by atoms with van der Waals surface area (Å²) in [5.41, 5.74) is 1.64. The zero-order chi connectivity index (χ0) is 22.0. The number of halogens is 1.